The number of hydrogen-bond donors (Lipinski definition) is 1. The standard InChI is InChI=1S/C12H14ClN3OS/c1-8(2)14-7-11-15-16-12(18-11)17-10-5-3-4-9(13)6-10/h3-6,8,14H,7H2,1-2H3. The van der Waals surface area contributed by atoms with Crippen molar-refractivity contribution in [3.8, 4) is 10.9 Å². The van der Waals surface area contributed by atoms with E-state index >= 15 is 0 Å². The van der Waals surface area contributed by atoms with E-state index in [4.69, 9.17) is 16.3 Å². The Balaban J connectivity index is 1.98. The summed E-state index contributed by atoms with van der Waals surface area (Å²) in [6.07, 6.45) is 0. The molecule has 0 saturated carbocycles. The molecule has 0 atom stereocenters. The van der Waals surface area contributed by atoms with Gasteiger partial charge in [-0.3, -0.25) is 0 Å². The Morgan fingerprint density at radius 2 is 2.22 bits per heavy atom. The van der Waals surface area contributed by atoms with Gasteiger partial charge in [-0.15, -0.1) is 5.10 Å². The van der Waals surface area contributed by atoms with E-state index in [0.717, 1.165) is 5.01 Å². The van der Waals surface area contributed by atoms with Gasteiger partial charge < -0.3 is 10.1 Å². The maximum Gasteiger partial charge on any atom is 0.299 e. The SMILES string of the molecule is CC(C)NCc1nnc(Oc2cccc(Cl)c2)s1. The van der Waals surface area contributed by atoms with Crippen molar-refractivity contribution in [2.75, 3.05) is 0 Å². The summed E-state index contributed by atoms with van der Waals surface area (Å²) in [5.41, 5.74) is 0. The summed E-state index contributed by atoms with van der Waals surface area (Å²) in [4.78, 5) is 0. The van der Waals surface area contributed by atoms with Crippen molar-refractivity contribution in [1.82, 2.24) is 15.5 Å². The van der Waals surface area contributed by atoms with Crippen LogP contribution in [0.2, 0.25) is 5.02 Å². The van der Waals surface area contributed by atoms with Crippen LogP contribution in [0.3, 0.4) is 0 Å². The molecule has 0 fully saturated rings. The first kappa shape index (κ1) is 13.3. The van der Waals surface area contributed by atoms with Gasteiger partial charge in [0.05, 0.1) is 6.54 Å². The van der Waals surface area contributed by atoms with Crippen molar-refractivity contribution in [2.24, 2.45) is 0 Å². The number of hydrogen-bond acceptors (Lipinski definition) is 5. The molecule has 0 unspecified atom stereocenters. The molecule has 6 heteroatoms. The van der Waals surface area contributed by atoms with Gasteiger partial charge in [0.1, 0.15) is 10.8 Å². The zero-order valence-corrected chi connectivity index (χ0v) is 11.8. The molecular weight excluding hydrogens is 270 g/mol. The maximum absolute atomic E-state index is 5.88. The Bertz CT molecular complexity index is 516. The van der Waals surface area contributed by atoms with Gasteiger partial charge in [0.25, 0.3) is 5.19 Å². The molecule has 1 heterocycles. The molecule has 0 aliphatic rings. The minimum absolute atomic E-state index is 0.422. The number of nitrogens with zero attached hydrogens (tertiary/aromatic N) is 2. The van der Waals surface area contributed by atoms with E-state index in [2.05, 4.69) is 29.4 Å². The zero-order valence-electron chi connectivity index (χ0n) is 10.2. The number of halogens is 1. The lowest BCUT2D eigenvalue weighted by molar-refractivity contribution is 0.473. The van der Waals surface area contributed by atoms with Crippen LogP contribution in [0.5, 0.6) is 10.9 Å². The monoisotopic (exact) mass is 283 g/mol. The average Bonchev–Trinajstić information content (AvgIpc) is 2.74. The second-order valence-electron chi connectivity index (χ2n) is 4.06. The lowest BCUT2D eigenvalue weighted by Crippen LogP contribution is -2.21. The second-order valence-corrected chi connectivity index (χ2v) is 5.52. The molecule has 96 valence electrons. The second kappa shape index (κ2) is 6.13. The Morgan fingerprint density at radius 3 is 2.94 bits per heavy atom. The predicted molar refractivity (Wildman–Crippen MR) is 73.4 cm³/mol. The van der Waals surface area contributed by atoms with Gasteiger partial charge >= 0.3 is 0 Å². The molecule has 0 saturated heterocycles. The molecule has 0 bridgehead atoms. The van der Waals surface area contributed by atoms with Crippen LogP contribution >= 0.6 is 22.9 Å². The molecule has 0 radical (unpaired) electrons. The Kier molecular flexibility index (Phi) is 4.52. The van der Waals surface area contributed by atoms with Crippen molar-refractivity contribution in [3.63, 3.8) is 0 Å². The van der Waals surface area contributed by atoms with Gasteiger partial charge in [0.15, 0.2) is 0 Å². The van der Waals surface area contributed by atoms with E-state index in [1.165, 1.54) is 11.3 Å². The smallest absolute Gasteiger partial charge is 0.299 e. The first-order valence-corrected chi connectivity index (χ1v) is 6.82. The van der Waals surface area contributed by atoms with Gasteiger partial charge in [-0.1, -0.05) is 48.0 Å². The average molecular weight is 284 g/mol. The highest BCUT2D eigenvalue weighted by Gasteiger charge is 2.06. The first-order chi connectivity index (χ1) is 8.63. The summed E-state index contributed by atoms with van der Waals surface area (Å²) in [5.74, 6) is 0.669. The Hall–Kier alpha value is -1.17. The molecule has 2 rings (SSSR count). The van der Waals surface area contributed by atoms with Crippen LogP contribution in [0.4, 0.5) is 0 Å². The highest BCUT2D eigenvalue weighted by molar-refractivity contribution is 7.13. The predicted octanol–water partition coefficient (Wildman–Crippen LogP) is 3.48. The van der Waals surface area contributed by atoms with Crippen molar-refractivity contribution < 1.29 is 4.74 Å². The quantitative estimate of drug-likeness (QED) is 0.912. The maximum atomic E-state index is 5.88. The van der Waals surface area contributed by atoms with E-state index < -0.39 is 0 Å². The van der Waals surface area contributed by atoms with Gasteiger partial charge in [0.2, 0.25) is 0 Å². The fourth-order valence-corrected chi connectivity index (χ4v) is 2.11. The van der Waals surface area contributed by atoms with E-state index in [-0.39, 0.29) is 0 Å². The molecule has 0 amide bonds. The van der Waals surface area contributed by atoms with Crippen LogP contribution in [-0.4, -0.2) is 16.2 Å². The van der Waals surface area contributed by atoms with E-state index in [0.29, 0.717) is 28.6 Å². The van der Waals surface area contributed by atoms with Crippen LogP contribution in [0.25, 0.3) is 0 Å². The third-order valence-electron chi connectivity index (χ3n) is 2.11. The van der Waals surface area contributed by atoms with Crippen molar-refractivity contribution >= 4 is 22.9 Å². The van der Waals surface area contributed by atoms with Crippen molar-refractivity contribution in [1.29, 1.82) is 0 Å². The van der Waals surface area contributed by atoms with E-state index in [1.807, 2.05) is 12.1 Å². The normalized spacial score (nSPS) is 10.9. The topological polar surface area (TPSA) is 47.0 Å². The number of ether oxygens (including phenoxy) is 1. The highest BCUT2D eigenvalue weighted by atomic mass is 35.5. The van der Waals surface area contributed by atoms with Crippen LogP contribution in [-0.2, 0) is 6.54 Å². The number of benzene rings is 1. The van der Waals surface area contributed by atoms with Gasteiger partial charge in [0, 0.05) is 11.1 Å². The number of aromatic nitrogens is 2. The van der Waals surface area contributed by atoms with Gasteiger partial charge in [-0.2, -0.15) is 0 Å². The largest absolute Gasteiger partial charge is 0.430 e. The van der Waals surface area contributed by atoms with Crippen LogP contribution in [0, 0.1) is 0 Å². The Labute approximate surface area is 115 Å². The number of rotatable bonds is 5. The van der Waals surface area contributed by atoms with Gasteiger partial charge in [-0.05, 0) is 18.2 Å². The highest BCUT2D eigenvalue weighted by Crippen LogP contribution is 2.26. The van der Waals surface area contributed by atoms with Crippen LogP contribution < -0.4 is 10.1 Å². The van der Waals surface area contributed by atoms with Crippen LogP contribution in [0.1, 0.15) is 18.9 Å². The van der Waals surface area contributed by atoms with Crippen molar-refractivity contribution in [2.45, 2.75) is 26.4 Å². The first-order valence-electron chi connectivity index (χ1n) is 5.62. The summed E-state index contributed by atoms with van der Waals surface area (Å²) < 4.78 is 5.58. The lowest BCUT2D eigenvalue weighted by Gasteiger charge is -2.03. The Morgan fingerprint density at radius 1 is 1.39 bits per heavy atom. The molecular formula is C12H14ClN3OS. The molecule has 0 aliphatic heterocycles. The molecule has 2 aromatic rings. The summed E-state index contributed by atoms with van der Waals surface area (Å²) in [6.45, 7) is 4.88. The minimum atomic E-state index is 0.422. The third-order valence-corrected chi connectivity index (χ3v) is 3.15. The molecule has 1 N–H and O–H groups in total. The fraction of sp³-hybridized carbons (Fsp3) is 0.333. The van der Waals surface area contributed by atoms with Gasteiger partial charge in [-0.25, -0.2) is 0 Å². The molecule has 18 heavy (non-hydrogen) atoms. The van der Waals surface area contributed by atoms with Crippen molar-refractivity contribution in [3.05, 3.63) is 34.3 Å². The third kappa shape index (κ3) is 3.94. The summed E-state index contributed by atoms with van der Waals surface area (Å²) in [6, 6.07) is 7.63. The minimum Gasteiger partial charge on any atom is -0.430 e. The molecule has 4 nitrogen and oxygen atoms in total. The lowest BCUT2D eigenvalue weighted by atomic mass is 10.3. The summed E-state index contributed by atoms with van der Waals surface area (Å²) in [7, 11) is 0. The number of nitrogens with one attached hydrogen (secondary N) is 1. The fourth-order valence-electron chi connectivity index (χ4n) is 1.27. The summed E-state index contributed by atoms with van der Waals surface area (Å²) in [5, 5.41) is 13.4. The molecule has 0 spiro atoms. The van der Waals surface area contributed by atoms with Crippen LogP contribution in [0.15, 0.2) is 24.3 Å². The molecule has 1 aromatic heterocycles. The molecule has 1 aromatic carbocycles. The zero-order chi connectivity index (χ0) is 13.0. The summed E-state index contributed by atoms with van der Waals surface area (Å²) >= 11 is 7.30. The molecule has 0 aliphatic carbocycles. The van der Waals surface area contributed by atoms with E-state index in [1.54, 1.807) is 12.1 Å². The van der Waals surface area contributed by atoms with E-state index in [9.17, 15) is 0 Å².